The second-order valence-electron chi connectivity index (χ2n) is 4.10. The van der Waals surface area contributed by atoms with Gasteiger partial charge in [-0.05, 0) is 38.0 Å². The highest BCUT2D eigenvalue weighted by Gasteiger charge is 2.43. The van der Waals surface area contributed by atoms with E-state index in [2.05, 4.69) is 5.32 Å². The Bertz CT molecular complexity index is 244. The highest BCUT2D eigenvalue weighted by molar-refractivity contribution is 5.12. The van der Waals surface area contributed by atoms with Gasteiger partial charge in [0.05, 0.1) is 0 Å². The molecule has 0 bridgehead atoms. The Kier molecular flexibility index (Phi) is 2.45. The van der Waals surface area contributed by atoms with Crippen LogP contribution in [0.2, 0.25) is 0 Å². The fourth-order valence-corrected chi connectivity index (χ4v) is 2.31. The van der Waals surface area contributed by atoms with Gasteiger partial charge in [0.25, 0.3) is 0 Å². The van der Waals surface area contributed by atoms with Crippen molar-refractivity contribution in [2.24, 2.45) is 5.92 Å². The molecular weight excluding hydrogens is 191 g/mol. The van der Waals surface area contributed by atoms with E-state index in [1.807, 2.05) is 6.08 Å². The minimum absolute atomic E-state index is 0.228. The van der Waals surface area contributed by atoms with E-state index in [1.54, 1.807) is 0 Å². The summed E-state index contributed by atoms with van der Waals surface area (Å²) in [4.78, 5) is 0. The van der Waals surface area contributed by atoms with Crippen LogP contribution in [0.15, 0.2) is 11.8 Å². The molecule has 2 rings (SSSR count). The molecule has 1 heterocycles. The molecule has 0 amide bonds. The fraction of sp³-hybridized carbons (Fsp3) is 0.800. The summed E-state index contributed by atoms with van der Waals surface area (Å²) in [5, 5.41) is 2.63. The van der Waals surface area contributed by atoms with Gasteiger partial charge in [-0.3, -0.25) is 0 Å². The number of fused-ring (bicyclic) bond motifs is 1. The van der Waals surface area contributed by atoms with Gasteiger partial charge in [0.1, 0.15) is 6.04 Å². The Hall–Kier alpha value is -0.670. The molecule has 80 valence electrons. The molecule has 1 aliphatic carbocycles. The van der Waals surface area contributed by atoms with E-state index in [1.165, 1.54) is 0 Å². The van der Waals surface area contributed by atoms with E-state index in [9.17, 15) is 13.2 Å². The van der Waals surface area contributed by atoms with E-state index in [0.717, 1.165) is 25.0 Å². The lowest BCUT2D eigenvalue weighted by atomic mass is 9.83. The molecule has 4 heteroatoms. The first-order chi connectivity index (χ1) is 6.57. The average Bonchev–Trinajstić information content (AvgIpc) is 2.16. The van der Waals surface area contributed by atoms with Crippen LogP contribution in [0.5, 0.6) is 0 Å². The van der Waals surface area contributed by atoms with Gasteiger partial charge < -0.3 is 5.32 Å². The van der Waals surface area contributed by atoms with Gasteiger partial charge in [0, 0.05) is 5.70 Å². The van der Waals surface area contributed by atoms with Crippen LogP contribution in [0.1, 0.15) is 32.1 Å². The third-order valence-corrected chi connectivity index (χ3v) is 3.10. The molecule has 2 unspecified atom stereocenters. The van der Waals surface area contributed by atoms with Gasteiger partial charge in [0.15, 0.2) is 0 Å². The van der Waals surface area contributed by atoms with Crippen molar-refractivity contribution < 1.29 is 13.2 Å². The van der Waals surface area contributed by atoms with Gasteiger partial charge in [-0.2, -0.15) is 13.2 Å². The maximum absolute atomic E-state index is 12.4. The first kappa shape index (κ1) is 9.87. The first-order valence-corrected chi connectivity index (χ1v) is 5.10. The van der Waals surface area contributed by atoms with Crippen LogP contribution in [-0.2, 0) is 0 Å². The smallest absolute Gasteiger partial charge is 0.377 e. The zero-order valence-electron chi connectivity index (χ0n) is 7.90. The lowest BCUT2D eigenvalue weighted by Crippen LogP contribution is -2.47. The zero-order chi connectivity index (χ0) is 10.2. The molecule has 2 atom stereocenters. The molecule has 1 nitrogen and oxygen atoms in total. The van der Waals surface area contributed by atoms with Crippen LogP contribution in [0.4, 0.5) is 13.2 Å². The topological polar surface area (TPSA) is 12.0 Å². The Labute approximate surface area is 81.4 Å². The summed E-state index contributed by atoms with van der Waals surface area (Å²) in [6.45, 7) is 0. The maximum atomic E-state index is 12.4. The van der Waals surface area contributed by atoms with E-state index in [0.29, 0.717) is 12.3 Å². The van der Waals surface area contributed by atoms with Crippen LogP contribution < -0.4 is 5.32 Å². The molecule has 1 saturated heterocycles. The third kappa shape index (κ3) is 1.88. The number of hydrogen-bond donors (Lipinski definition) is 1. The summed E-state index contributed by atoms with van der Waals surface area (Å²) in [6, 6.07) is -1.32. The summed E-state index contributed by atoms with van der Waals surface area (Å²) in [5.74, 6) is 0.363. The second kappa shape index (κ2) is 3.48. The van der Waals surface area contributed by atoms with Gasteiger partial charge >= 0.3 is 6.18 Å². The van der Waals surface area contributed by atoms with Gasteiger partial charge in [-0.1, -0.05) is 6.08 Å². The minimum atomic E-state index is -4.09. The molecule has 0 aromatic heterocycles. The van der Waals surface area contributed by atoms with Gasteiger partial charge in [-0.25, -0.2) is 0 Å². The molecule has 0 radical (unpaired) electrons. The molecule has 0 aromatic carbocycles. The summed E-state index contributed by atoms with van der Waals surface area (Å²) in [5.41, 5.74) is 0.838. The van der Waals surface area contributed by atoms with Gasteiger partial charge in [-0.15, -0.1) is 0 Å². The Morgan fingerprint density at radius 3 is 2.71 bits per heavy atom. The third-order valence-electron chi connectivity index (χ3n) is 3.10. The summed E-state index contributed by atoms with van der Waals surface area (Å²) >= 11 is 0. The van der Waals surface area contributed by atoms with Crippen molar-refractivity contribution in [2.45, 2.75) is 44.3 Å². The zero-order valence-corrected chi connectivity index (χ0v) is 7.90. The van der Waals surface area contributed by atoms with Crippen LogP contribution in [-0.4, -0.2) is 12.2 Å². The molecule has 0 aromatic rings. The van der Waals surface area contributed by atoms with Crippen LogP contribution in [0, 0.1) is 5.92 Å². The van der Waals surface area contributed by atoms with Crippen molar-refractivity contribution in [3.63, 3.8) is 0 Å². The number of allylic oxidation sites excluding steroid dienone is 2. The number of rotatable bonds is 0. The molecule has 1 N–H and O–H groups in total. The monoisotopic (exact) mass is 205 g/mol. The lowest BCUT2D eigenvalue weighted by Gasteiger charge is -2.36. The maximum Gasteiger partial charge on any atom is 0.408 e. The van der Waals surface area contributed by atoms with Gasteiger partial charge in [0.2, 0.25) is 0 Å². The largest absolute Gasteiger partial charge is 0.408 e. The molecule has 0 spiro atoms. The predicted octanol–water partition coefficient (Wildman–Crippen LogP) is 2.98. The molecule has 1 aliphatic heterocycles. The Morgan fingerprint density at radius 2 is 2.00 bits per heavy atom. The summed E-state index contributed by atoms with van der Waals surface area (Å²) < 4.78 is 37.2. The highest BCUT2D eigenvalue weighted by atomic mass is 19.4. The number of halogens is 3. The van der Waals surface area contributed by atoms with E-state index < -0.39 is 12.2 Å². The number of alkyl halides is 3. The molecule has 0 saturated carbocycles. The average molecular weight is 205 g/mol. The summed E-state index contributed by atoms with van der Waals surface area (Å²) in [7, 11) is 0. The number of nitrogens with one attached hydrogen (secondary N) is 1. The van der Waals surface area contributed by atoms with E-state index in [4.69, 9.17) is 0 Å². The van der Waals surface area contributed by atoms with Crippen LogP contribution >= 0.6 is 0 Å². The standard InChI is InChI=1S/C10H14F3N/c11-10(12,13)9-6-5-7-3-1-2-4-8(7)14-9/h4,7,9,14H,1-3,5-6H2. The quantitative estimate of drug-likeness (QED) is 0.641. The van der Waals surface area contributed by atoms with Crippen molar-refractivity contribution in [3.05, 3.63) is 11.8 Å². The Morgan fingerprint density at radius 1 is 1.21 bits per heavy atom. The van der Waals surface area contributed by atoms with Crippen LogP contribution in [0.3, 0.4) is 0 Å². The second-order valence-corrected chi connectivity index (χ2v) is 4.10. The fourth-order valence-electron chi connectivity index (χ4n) is 2.31. The predicted molar refractivity (Wildman–Crippen MR) is 47.6 cm³/mol. The van der Waals surface area contributed by atoms with Crippen molar-refractivity contribution in [1.82, 2.24) is 5.32 Å². The number of hydrogen-bond acceptors (Lipinski definition) is 1. The molecular formula is C10H14F3N. The molecule has 1 fully saturated rings. The summed E-state index contributed by atoms with van der Waals surface area (Å²) in [6.07, 6.45) is 1.84. The van der Waals surface area contributed by atoms with E-state index in [-0.39, 0.29) is 6.42 Å². The SMILES string of the molecule is FC(F)(F)C1CCC2CCCC=C2N1. The molecule has 14 heavy (non-hydrogen) atoms. The van der Waals surface area contributed by atoms with E-state index >= 15 is 0 Å². The van der Waals surface area contributed by atoms with Crippen LogP contribution in [0.25, 0.3) is 0 Å². The minimum Gasteiger partial charge on any atom is -0.377 e. The lowest BCUT2D eigenvalue weighted by molar-refractivity contribution is -0.159. The van der Waals surface area contributed by atoms with Crippen molar-refractivity contribution in [3.8, 4) is 0 Å². The van der Waals surface area contributed by atoms with Crippen molar-refractivity contribution >= 4 is 0 Å². The number of piperidine rings is 1. The van der Waals surface area contributed by atoms with Crippen molar-refractivity contribution in [1.29, 1.82) is 0 Å². The highest BCUT2D eigenvalue weighted by Crippen LogP contribution is 2.36. The normalized spacial score (nSPS) is 32.9. The molecule has 2 aliphatic rings. The van der Waals surface area contributed by atoms with Crippen molar-refractivity contribution in [2.75, 3.05) is 0 Å². The Balaban J connectivity index is 2.06. The first-order valence-electron chi connectivity index (χ1n) is 5.10.